The maximum absolute atomic E-state index is 9.66. The Kier molecular flexibility index (Phi) is 15.0. The molecule has 258 valence electrons. The number of phenolic OH excluding ortho intramolecular Hbond substituents is 3. The molecule has 10 nitrogen and oxygen atoms in total. The van der Waals surface area contributed by atoms with Crippen molar-refractivity contribution < 1.29 is 20.1 Å². The lowest BCUT2D eigenvalue weighted by molar-refractivity contribution is 0.397. The number of methoxy groups -OCH3 is 1. The van der Waals surface area contributed by atoms with Crippen LogP contribution in [0.25, 0.3) is 0 Å². The van der Waals surface area contributed by atoms with Gasteiger partial charge in [0.05, 0.1) is 7.11 Å². The molecule has 0 unspecified atom stereocenters. The van der Waals surface area contributed by atoms with Crippen molar-refractivity contribution in [3.63, 3.8) is 0 Å². The number of ether oxygens (including phenoxy) is 1. The highest BCUT2D eigenvalue weighted by Crippen LogP contribution is 2.23. The molecule has 6 aromatic rings. The molecule has 0 fully saturated rings. The van der Waals surface area contributed by atoms with E-state index in [0.29, 0.717) is 41.0 Å². The van der Waals surface area contributed by atoms with Crippen LogP contribution in [0, 0.1) is 0 Å². The summed E-state index contributed by atoms with van der Waals surface area (Å²) in [5.41, 5.74) is 5.26. The fraction of sp³-hybridized carbons (Fsp3) is 0.108. The number of aromatic nitrogens is 3. The first-order chi connectivity index (χ1) is 24.2. The number of benzene rings is 3. The van der Waals surface area contributed by atoms with E-state index in [1.807, 2.05) is 66.7 Å². The highest BCUT2D eigenvalue weighted by molar-refractivity contribution is 9.10. The number of nitrogens with zero attached hydrogens (tertiary/aromatic N) is 3. The van der Waals surface area contributed by atoms with Crippen LogP contribution in [0.4, 0.5) is 17.1 Å². The van der Waals surface area contributed by atoms with Crippen LogP contribution in [0.15, 0.2) is 131 Å². The summed E-state index contributed by atoms with van der Waals surface area (Å²) >= 11 is 12.4. The van der Waals surface area contributed by atoms with Crippen molar-refractivity contribution in [1.29, 1.82) is 0 Å². The lowest BCUT2D eigenvalue weighted by Crippen LogP contribution is -2.00. The molecule has 13 heteroatoms. The largest absolute Gasteiger partial charge is 0.508 e. The number of aromatic hydroxyl groups is 3. The molecule has 50 heavy (non-hydrogen) atoms. The minimum absolute atomic E-state index is 0.282. The summed E-state index contributed by atoms with van der Waals surface area (Å²) in [6.07, 6.45) is 3.35. The lowest BCUT2D eigenvalue weighted by Gasteiger charge is -2.09. The van der Waals surface area contributed by atoms with Gasteiger partial charge in [-0.05, 0) is 80.4 Å². The molecule has 0 spiro atoms. The Morgan fingerprint density at radius 2 is 1.02 bits per heavy atom. The van der Waals surface area contributed by atoms with E-state index in [4.69, 9.17) is 16.3 Å². The van der Waals surface area contributed by atoms with E-state index in [0.717, 1.165) is 38.4 Å². The summed E-state index contributed by atoms with van der Waals surface area (Å²) in [5, 5.41) is 38.8. The first kappa shape index (κ1) is 37.8. The third-order valence-electron chi connectivity index (χ3n) is 6.86. The topological polar surface area (TPSA) is 145 Å². The average molecular weight is 823 g/mol. The van der Waals surface area contributed by atoms with Crippen molar-refractivity contribution in [2.75, 3.05) is 23.1 Å². The molecular weight excluding hydrogens is 788 g/mol. The first-order valence-corrected chi connectivity index (χ1v) is 17.1. The molecule has 6 rings (SSSR count). The monoisotopic (exact) mass is 820 g/mol. The van der Waals surface area contributed by atoms with Gasteiger partial charge in [-0.1, -0.05) is 66.2 Å². The summed E-state index contributed by atoms with van der Waals surface area (Å²) in [4.78, 5) is 12.1. The number of anilines is 3. The van der Waals surface area contributed by atoms with Crippen LogP contribution in [0.2, 0.25) is 5.15 Å². The summed E-state index contributed by atoms with van der Waals surface area (Å²) < 4.78 is 6.56. The van der Waals surface area contributed by atoms with Gasteiger partial charge in [0.25, 0.3) is 0 Å². The zero-order valence-electron chi connectivity index (χ0n) is 26.9. The van der Waals surface area contributed by atoms with E-state index in [1.54, 1.807) is 62.0 Å². The van der Waals surface area contributed by atoms with Crippen LogP contribution < -0.4 is 20.7 Å². The molecule has 3 aromatic heterocycles. The molecule has 0 saturated carbocycles. The predicted molar refractivity (Wildman–Crippen MR) is 206 cm³/mol. The van der Waals surface area contributed by atoms with E-state index < -0.39 is 0 Å². The highest BCUT2D eigenvalue weighted by Gasteiger charge is 2.04. The minimum Gasteiger partial charge on any atom is -0.508 e. The van der Waals surface area contributed by atoms with Crippen LogP contribution in [0.1, 0.15) is 16.7 Å². The molecular formula is C37H35Br2ClN6O4. The van der Waals surface area contributed by atoms with E-state index >= 15 is 0 Å². The van der Waals surface area contributed by atoms with Gasteiger partial charge in [-0.25, -0.2) is 15.0 Å². The Morgan fingerprint density at radius 3 is 1.48 bits per heavy atom. The Bertz CT molecular complexity index is 1880. The van der Waals surface area contributed by atoms with Gasteiger partial charge in [0.2, 0.25) is 5.88 Å². The van der Waals surface area contributed by atoms with Gasteiger partial charge >= 0.3 is 0 Å². The van der Waals surface area contributed by atoms with Gasteiger partial charge in [0.15, 0.2) is 0 Å². The lowest BCUT2D eigenvalue weighted by atomic mass is 10.2. The second-order valence-electron chi connectivity index (χ2n) is 10.4. The van der Waals surface area contributed by atoms with E-state index in [1.165, 1.54) is 0 Å². The molecule has 0 aliphatic heterocycles. The van der Waals surface area contributed by atoms with Crippen molar-refractivity contribution in [2.24, 2.45) is 0 Å². The summed E-state index contributed by atoms with van der Waals surface area (Å²) in [6.45, 7) is 1.67. The summed E-state index contributed by atoms with van der Waals surface area (Å²) in [7, 11) is 1.57. The van der Waals surface area contributed by atoms with Crippen molar-refractivity contribution in [3.05, 3.63) is 153 Å². The van der Waals surface area contributed by atoms with E-state index in [2.05, 4.69) is 62.8 Å². The average Bonchev–Trinajstić information content (AvgIpc) is 3.11. The summed E-state index contributed by atoms with van der Waals surface area (Å²) in [6, 6.07) is 32.7. The Hall–Kier alpha value is -5.04. The van der Waals surface area contributed by atoms with Crippen LogP contribution in [0.5, 0.6) is 23.1 Å². The van der Waals surface area contributed by atoms with Gasteiger partial charge in [-0.2, -0.15) is 0 Å². The SMILES string of the molecule is COc1cc(NCc2ccccc2O)cc(Br)n1.Oc1ccccc1CNc1ccnc(Br)c1.Oc1ccccc1CNc1ccnc(Cl)c1. The van der Waals surface area contributed by atoms with Crippen LogP contribution in [-0.2, 0) is 19.6 Å². The number of pyridine rings is 3. The smallest absolute Gasteiger partial charge is 0.216 e. The van der Waals surface area contributed by atoms with E-state index in [-0.39, 0.29) is 11.5 Å². The van der Waals surface area contributed by atoms with Crippen molar-refractivity contribution in [3.8, 4) is 23.1 Å². The van der Waals surface area contributed by atoms with Gasteiger partial charge in [0, 0.05) is 71.8 Å². The normalized spacial score (nSPS) is 10.1. The molecule has 0 amide bonds. The predicted octanol–water partition coefficient (Wildman–Crippen LogP) is 9.38. The summed E-state index contributed by atoms with van der Waals surface area (Å²) in [5.74, 6) is 1.41. The van der Waals surface area contributed by atoms with Gasteiger partial charge in [-0.15, -0.1) is 0 Å². The van der Waals surface area contributed by atoms with Gasteiger partial charge in [0.1, 0.15) is 31.6 Å². The molecule has 0 radical (unpaired) electrons. The molecule has 0 aliphatic carbocycles. The molecule has 0 bridgehead atoms. The number of hydrogen-bond acceptors (Lipinski definition) is 10. The zero-order valence-corrected chi connectivity index (χ0v) is 30.8. The first-order valence-electron chi connectivity index (χ1n) is 15.2. The highest BCUT2D eigenvalue weighted by atomic mass is 79.9. The number of nitrogens with one attached hydrogen (secondary N) is 3. The van der Waals surface area contributed by atoms with Crippen LogP contribution in [0.3, 0.4) is 0 Å². The third-order valence-corrected chi connectivity index (χ3v) is 7.90. The number of phenols is 3. The Labute approximate surface area is 312 Å². The second-order valence-corrected chi connectivity index (χ2v) is 12.4. The van der Waals surface area contributed by atoms with Gasteiger partial charge < -0.3 is 36.0 Å². The minimum atomic E-state index is 0.282. The van der Waals surface area contributed by atoms with Crippen LogP contribution >= 0.6 is 43.5 Å². The number of rotatable bonds is 10. The second kappa shape index (κ2) is 19.8. The maximum atomic E-state index is 9.66. The number of para-hydroxylation sites is 3. The zero-order chi connectivity index (χ0) is 35.7. The fourth-order valence-corrected chi connectivity index (χ4v) is 5.24. The van der Waals surface area contributed by atoms with Crippen molar-refractivity contribution >= 4 is 60.5 Å². The molecule has 0 saturated heterocycles. The molecule has 6 N–H and O–H groups in total. The quantitative estimate of drug-likeness (QED) is 0.0740. The Morgan fingerprint density at radius 1 is 0.580 bits per heavy atom. The maximum Gasteiger partial charge on any atom is 0.216 e. The molecule has 0 atom stereocenters. The standard InChI is InChI=1S/C13H13BrN2O2.C12H11BrN2O.C12H11ClN2O/c1-18-13-7-10(6-12(14)16-13)15-8-9-4-2-3-5-11(9)17;2*13-12-7-10(5-6-14-12)15-8-9-3-1-2-4-11(9)16/h2-7,17H,8H2,1H3,(H,15,16);2*1-7,16H,8H2,(H,14,15). The van der Waals surface area contributed by atoms with E-state index in [9.17, 15) is 15.3 Å². The van der Waals surface area contributed by atoms with Crippen molar-refractivity contribution in [2.45, 2.75) is 19.6 Å². The fourth-order valence-electron chi connectivity index (χ4n) is 4.28. The molecule has 3 aromatic carbocycles. The van der Waals surface area contributed by atoms with Crippen LogP contribution in [-0.4, -0.2) is 37.4 Å². The molecule has 0 aliphatic rings. The van der Waals surface area contributed by atoms with Gasteiger partial charge in [-0.3, -0.25) is 0 Å². The third kappa shape index (κ3) is 12.8. The Balaban J connectivity index is 0.000000169. The number of halogens is 3. The number of hydrogen-bond donors (Lipinski definition) is 6. The molecule has 3 heterocycles. The van der Waals surface area contributed by atoms with Crippen molar-refractivity contribution in [1.82, 2.24) is 15.0 Å².